The molecule has 0 spiro atoms. The minimum atomic E-state index is 0.343. The highest BCUT2D eigenvalue weighted by atomic mass is 15.2. The van der Waals surface area contributed by atoms with Gasteiger partial charge < -0.3 is 4.90 Å². The van der Waals surface area contributed by atoms with Crippen molar-refractivity contribution in [3.8, 4) is 0 Å². The van der Waals surface area contributed by atoms with Gasteiger partial charge in [-0.25, -0.2) is 0 Å². The molecule has 0 radical (unpaired) electrons. The van der Waals surface area contributed by atoms with Crippen LogP contribution < -0.4 is 0 Å². The van der Waals surface area contributed by atoms with Crippen LogP contribution in [-0.4, -0.2) is 24.0 Å². The van der Waals surface area contributed by atoms with Crippen LogP contribution in [0.3, 0.4) is 0 Å². The number of hydrogen-bond acceptors (Lipinski definition) is 1. The molecule has 0 N–H and O–H groups in total. The second kappa shape index (κ2) is 4.10. The van der Waals surface area contributed by atoms with Gasteiger partial charge in [-0.15, -0.1) is 0 Å². The molecular weight excluding hydrogens is 134 g/mol. The number of nitrogens with zero attached hydrogens (tertiary/aromatic N) is 1. The van der Waals surface area contributed by atoms with Crippen LogP contribution in [0.2, 0.25) is 0 Å². The van der Waals surface area contributed by atoms with E-state index in [-0.39, 0.29) is 0 Å². The van der Waals surface area contributed by atoms with E-state index in [1.165, 1.54) is 13.0 Å². The van der Waals surface area contributed by atoms with Crippen molar-refractivity contribution in [3.05, 3.63) is 0 Å². The highest BCUT2D eigenvalue weighted by Crippen LogP contribution is 2.22. The van der Waals surface area contributed by atoms with Gasteiger partial charge in [-0.05, 0) is 39.8 Å². The Labute approximate surface area is 71.8 Å². The van der Waals surface area contributed by atoms with Crippen LogP contribution in [0, 0.1) is 5.92 Å². The van der Waals surface area contributed by atoms with E-state index in [1.807, 2.05) is 0 Å². The van der Waals surface area contributed by atoms with E-state index in [9.17, 15) is 0 Å². The second-order valence-corrected chi connectivity index (χ2v) is 4.23. The Morgan fingerprint density at radius 1 is 1.27 bits per heavy atom. The SMILES string of the molecule is CCCN(C)C(C)(C)C(C)C. The van der Waals surface area contributed by atoms with Gasteiger partial charge in [0.2, 0.25) is 0 Å². The summed E-state index contributed by atoms with van der Waals surface area (Å²) in [6, 6.07) is 0. The Bertz CT molecular complexity index is 105. The van der Waals surface area contributed by atoms with Crippen LogP contribution in [0.5, 0.6) is 0 Å². The molecule has 0 saturated carbocycles. The van der Waals surface area contributed by atoms with Crippen molar-refractivity contribution in [1.82, 2.24) is 4.90 Å². The third-order valence-corrected chi connectivity index (χ3v) is 2.96. The molecule has 0 saturated heterocycles. The quantitative estimate of drug-likeness (QED) is 0.606. The normalized spacial score (nSPS) is 13.1. The van der Waals surface area contributed by atoms with Gasteiger partial charge in [0, 0.05) is 5.54 Å². The van der Waals surface area contributed by atoms with Crippen LogP contribution in [0.15, 0.2) is 0 Å². The van der Waals surface area contributed by atoms with Gasteiger partial charge in [-0.1, -0.05) is 20.8 Å². The molecule has 0 aromatic rings. The van der Waals surface area contributed by atoms with E-state index < -0.39 is 0 Å². The lowest BCUT2D eigenvalue weighted by atomic mass is 9.89. The lowest BCUT2D eigenvalue weighted by Gasteiger charge is -2.39. The molecular formula is C10H23N. The maximum Gasteiger partial charge on any atom is 0.0173 e. The van der Waals surface area contributed by atoms with Crippen LogP contribution in [0.1, 0.15) is 41.0 Å². The van der Waals surface area contributed by atoms with Gasteiger partial charge in [0.15, 0.2) is 0 Å². The van der Waals surface area contributed by atoms with Crippen molar-refractivity contribution in [1.29, 1.82) is 0 Å². The smallest absolute Gasteiger partial charge is 0.0173 e. The van der Waals surface area contributed by atoms with Crippen LogP contribution in [-0.2, 0) is 0 Å². The van der Waals surface area contributed by atoms with Gasteiger partial charge in [0.1, 0.15) is 0 Å². The molecule has 0 heterocycles. The molecule has 68 valence electrons. The Morgan fingerprint density at radius 3 is 2.00 bits per heavy atom. The molecule has 0 amide bonds. The van der Waals surface area contributed by atoms with Crippen LogP contribution in [0.25, 0.3) is 0 Å². The fraction of sp³-hybridized carbons (Fsp3) is 1.00. The molecule has 0 aliphatic rings. The molecule has 1 nitrogen and oxygen atoms in total. The summed E-state index contributed by atoms with van der Waals surface area (Å²) in [5.74, 6) is 0.721. The maximum atomic E-state index is 2.44. The summed E-state index contributed by atoms with van der Waals surface area (Å²) >= 11 is 0. The first-order valence-corrected chi connectivity index (χ1v) is 4.64. The fourth-order valence-corrected chi connectivity index (χ4v) is 1.06. The third kappa shape index (κ3) is 2.82. The van der Waals surface area contributed by atoms with Gasteiger partial charge in [-0.3, -0.25) is 0 Å². The molecule has 0 fully saturated rings. The van der Waals surface area contributed by atoms with Gasteiger partial charge in [0.25, 0.3) is 0 Å². The molecule has 0 bridgehead atoms. The van der Waals surface area contributed by atoms with Crippen molar-refractivity contribution in [2.24, 2.45) is 5.92 Å². The molecule has 11 heavy (non-hydrogen) atoms. The minimum Gasteiger partial charge on any atom is -0.301 e. The summed E-state index contributed by atoms with van der Waals surface area (Å²) in [7, 11) is 2.21. The summed E-state index contributed by atoms with van der Waals surface area (Å²) in [6.07, 6.45) is 1.24. The van der Waals surface area contributed by atoms with E-state index in [0.717, 1.165) is 5.92 Å². The molecule has 0 aromatic heterocycles. The predicted octanol–water partition coefficient (Wildman–Crippen LogP) is 2.76. The standard InChI is InChI=1S/C10H23N/c1-7-8-11(6)10(4,5)9(2)3/h9H,7-8H2,1-6H3. The van der Waals surface area contributed by atoms with E-state index in [4.69, 9.17) is 0 Å². The van der Waals surface area contributed by atoms with E-state index in [1.54, 1.807) is 0 Å². The zero-order valence-corrected chi connectivity index (χ0v) is 8.94. The lowest BCUT2D eigenvalue weighted by molar-refractivity contribution is 0.106. The van der Waals surface area contributed by atoms with Gasteiger partial charge in [0.05, 0.1) is 0 Å². The first kappa shape index (κ1) is 11.0. The fourth-order valence-electron chi connectivity index (χ4n) is 1.06. The molecule has 1 heteroatoms. The third-order valence-electron chi connectivity index (χ3n) is 2.96. The van der Waals surface area contributed by atoms with Gasteiger partial charge >= 0.3 is 0 Å². The number of rotatable bonds is 4. The zero-order valence-electron chi connectivity index (χ0n) is 8.94. The summed E-state index contributed by atoms with van der Waals surface area (Å²) in [5.41, 5.74) is 0.343. The Balaban J connectivity index is 4.05. The van der Waals surface area contributed by atoms with E-state index >= 15 is 0 Å². The first-order chi connectivity index (χ1) is 4.92. The molecule has 0 aromatic carbocycles. The summed E-state index contributed by atoms with van der Waals surface area (Å²) in [6.45, 7) is 12.6. The van der Waals surface area contributed by atoms with Crippen molar-refractivity contribution >= 4 is 0 Å². The van der Waals surface area contributed by atoms with E-state index in [2.05, 4.69) is 46.6 Å². The molecule has 0 aliphatic carbocycles. The highest BCUT2D eigenvalue weighted by molar-refractivity contribution is 4.81. The van der Waals surface area contributed by atoms with Crippen molar-refractivity contribution < 1.29 is 0 Å². The van der Waals surface area contributed by atoms with Crippen molar-refractivity contribution in [2.45, 2.75) is 46.6 Å². The van der Waals surface area contributed by atoms with Crippen LogP contribution >= 0.6 is 0 Å². The monoisotopic (exact) mass is 157 g/mol. The van der Waals surface area contributed by atoms with Crippen molar-refractivity contribution in [2.75, 3.05) is 13.6 Å². The summed E-state index contributed by atoms with van der Waals surface area (Å²) < 4.78 is 0. The molecule has 0 aliphatic heterocycles. The maximum absolute atomic E-state index is 2.44. The molecule has 0 unspecified atom stereocenters. The predicted molar refractivity (Wildman–Crippen MR) is 51.8 cm³/mol. The first-order valence-electron chi connectivity index (χ1n) is 4.64. The minimum absolute atomic E-state index is 0.343. The van der Waals surface area contributed by atoms with E-state index in [0.29, 0.717) is 5.54 Å². The molecule has 0 atom stereocenters. The van der Waals surface area contributed by atoms with Gasteiger partial charge in [-0.2, -0.15) is 0 Å². The Hall–Kier alpha value is -0.0400. The largest absolute Gasteiger partial charge is 0.301 e. The lowest BCUT2D eigenvalue weighted by Crippen LogP contribution is -2.45. The topological polar surface area (TPSA) is 3.24 Å². The van der Waals surface area contributed by atoms with Crippen molar-refractivity contribution in [3.63, 3.8) is 0 Å². The highest BCUT2D eigenvalue weighted by Gasteiger charge is 2.26. The second-order valence-electron chi connectivity index (χ2n) is 4.23. The van der Waals surface area contributed by atoms with Crippen LogP contribution in [0.4, 0.5) is 0 Å². The number of hydrogen-bond donors (Lipinski definition) is 0. The summed E-state index contributed by atoms with van der Waals surface area (Å²) in [5, 5.41) is 0. The molecule has 0 rings (SSSR count). The zero-order chi connectivity index (χ0) is 9.07. The average molecular weight is 157 g/mol. The Morgan fingerprint density at radius 2 is 1.73 bits per heavy atom. The summed E-state index contributed by atoms with van der Waals surface area (Å²) in [4.78, 5) is 2.44. The Kier molecular flexibility index (Phi) is 4.09. The average Bonchev–Trinajstić information content (AvgIpc) is 1.88.